The lowest BCUT2D eigenvalue weighted by molar-refractivity contribution is -0.122. The van der Waals surface area contributed by atoms with E-state index in [1.165, 1.54) is 0 Å². The fourth-order valence-electron chi connectivity index (χ4n) is 2.25. The molecule has 2 aromatic rings. The van der Waals surface area contributed by atoms with Gasteiger partial charge in [0.25, 0.3) is 0 Å². The number of nitrogens with one attached hydrogen (secondary N) is 1. The fourth-order valence-corrected chi connectivity index (χ4v) is 2.25. The molecule has 0 saturated carbocycles. The summed E-state index contributed by atoms with van der Waals surface area (Å²) < 4.78 is 6.87. The molecule has 118 valence electrons. The first-order valence-electron chi connectivity index (χ1n) is 7.14. The zero-order valence-corrected chi connectivity index (χ0v) is 13.2. The molecule has 1 N–H and O–H groups in total. The maximum Gasteiger partial charge on any atom is 0.241 e. The Morgan fingerprint density at radius 3 is 2.86 bits per heavy atom. The molecule has 1 aromatic heterocycles. The van der Waals surface area contributed by atoms with Crippen LogP contribution in [-0.4, -0.2) is 48.3 Å². The molecule has 6 heteroatoms. The summed E-state index contributed by atoms with van der Waals surface area (Å²) in [6.07, 6.45) is 3.43. The summed E-state index contributed by atoms with van der Waals surface area (Å²) in [4.78, 5) is 14.0. The minimum absolute atomic E-state index is 0.0570. The molecular weight excluding hydrogens is 280 g/mol. The standard InChI is InChI=1S/C16H22N4O2/c1-19(2)15(13-6-4-7-14(10-13)22-3)11-17-16(21)12-20-9-5-8-18-20/h4-10,15H,11-12H2,1-3H3,(H,17,21). The minimum Gasteiger partial charge on any atom is -0.497 e. The Bertz CT molecular complexity index is 596. The molecule has 0 spiro atoms. The molecule has 22 heavy (non-hydrogen) atoms. The van der Waals surface area contributed by atoms with Crippen LogP contribution in [0.25, 0.3) is 0 Å². The number of carbonyl (C=O) groups is 1. The molecular formula is C16H22N4O2. The van der Waals surface area contributed by atoms with Crippen molar-refractivity contribution < 1.29 is 9.53 Å². The van der Waals surface area contributed by atoms with E-state index in [0.717, 1.165) is 11.3 Å². The van der Waals surface area contributed by atoms with Crippen LogP contribution in [0.4, 0.5) is 0 Å². The van der Waals surface area contributed by atoms with Gasteiger partial charge in [0.05, 0.1) is 13.2 Å². The van der Waals surface area contributed by atoms with Gasteiger partial charge in [0.1, 0.15) is 12.3 Å². The molecule has 0 bridgehead atoms. The van der Waals surface area contributed by atoms with E-state index in [4.69, 9.17) is 4.74 Å². The molecule has 2 rings (SSSR count). The monoisotopic (exact) mass is 302 g/mol. The van der Waals surface area contributed by atoms with Crippen LogP contribution in [0.1, 0.15) is 11.6 Å². The van der Waals surface area contributed by atoms with Crippen molar-refractivity contribution in [1.82, 2.24) is 20.0 Å². The van der Waals surface area contributed by atoms with Gasteiger partial charge in [-0.1, -0.05) is 12.1 Å². The van der Waals surface area contributed by atoms with Gasteiger partial charge in [-0.3, -0.25) is 9.48 Å². The van der Waals surface area contributed by atoms with Crippen LogP contribution >= 0.6 is 0 Å². The SMILES string of the molecule is COc1cccc(C(CNC(=O)Cn2cccn2)N(C)C)c1. The Balaban J connectivity index is 1.98. The maximum absolute atomic E-state index is 12.0. The van der Waals surface area contributed by atoms with Gasteiger partial charge in [0.2, 0.25) is 5.91 Å². The van der Waals surface area contributed by atoms with Crippen LogP contribution in [-0.2, 0) is 11.3 Å². The molecule has 1 atom stereocenters. The smallest absolute Gasteiger partial charge is 0.241 e. The Morgan fingerprint density at radius 2 is 2.23 bits per heavy atom. The third-order valence-electron chi connectivity index (χ3n) is 3.46. The summed E-state index contributed by atoms with van der Waals surface area (Å²) >= 11 is 0. The Labute approximate surface area is 130 Å². The third kappa shape index (κ3) is 4.33. The number of carbonyl (C=O) groups excluding carboxylic acids is 1. The molecule has 0 aliphatic rings. The molecule has 1 heterocycles. The number of rotatable bonds is 7. The summed E-state index contributed by atoms with van der Waals surface area (Å²) in [5.41, 5.74) is 1.10. The molecule has 1 unspecified atom stereocenters. The number of hydrogen-bond donors (Lipinski definition) is 1. The molecule has 0 radical (unpaired) electrons. The zero-order chi connectivity index (χ0) is 15.9. The van der Waals surface area contributed by atoms with E-state index in [1.54, 1.807) is 30.3 Å². The highest BCUT2D eigenvalue weighted by atomic mass is 16.5. The van der Waals surface area contributed by atoms with Gasteiger partial charge in [-0.2, -0.15) is 5.10 Å². The van der Waals surface area contributed by atoms with Crippen molar-refractivity contribution in [2.24, 2.45) is 0 Å². The molecule has 0 saturated heterocycles. The van der Waals surface area contributed by atoms with Gasteiger partial charge in [-0.15, -0.1) is 0 Å². The number of nitrogens with zero attached hydrogens (tertiary/aromatic N) is 3. The number of benzene rings is 1. The fraction of sp³-hybridized carbons (Fsp3) is 0.375. The van der Waals surface area contributed by atoms with Crippen LogP contribution in [0.3, 0.4) is 0 Å². The average Bonchev–Trinajstić information content (AvgIpc) is 3.00. The normalized spacial score (nSPS) is 12.2. The third-order valence-corrected chi connectivity index (χ3v) is 3.46. The summed E-state index contributed by atoms with van der Waals surface area (Å²) in [6.45, 7) is 0.755. The van der Waals surface area contributed by atoms with Crippen molar-refractivity contribution in [2.45, 2.75) is 12.6 Å². The van der Waals surface area contributed by atoms with Gasteiger partial charge in [-0.25, -0.2) is 0 Å². The first-order chi connectivity index (χ1) is 10.6. The van der Waals surface area contributed by atoms with Crippen molar-refractivity contribution in [3.05, 3.63) is 48.3 Å². The summed E-state index contributed by atoms with van der Waals surface area (Å²) in [5, 5.41) is 6.98. The van der Waals surface area contributed by atoms with E-state index < -0.39 is 0 Å². The van der Waals surface area contributed by atoms with Crippen molar-refractivity contribution in [3.63, 3.8) is 0 Å². The van der Waals surface area contributed by atoms with Crippen molar-refractivity contribution in [1.29, 1.82) is 0 Å². The van der Waals surface area contributed by atoms with E-state index >= 15 is 0 Å². The molecule has 6 nitrogen and oxygen atoms in total. The van der Waals surface area contributed by atoms with Crippen molar-refractivity contribution in [2.75, 3.05) is 27.7 Å². The van der Waals surface area contributed by atoms with Crippen molar-refractivity contribution in [3.8, 4) is 5.75 Å². The second-order valence-corrected chi connectivity index (χ2v) is 5.26. The Kier molecular flexibility index (Phi) is 5.55. The van der Waals surface area contributed by atoms with Gasteiger partial charge in [0.15, 0.2) is 0 Å². The highest BCUT2D eigenvalue weighted by Crippen LogP contribution is 2.21. The number of methoxy groups -OCH3 is 1. The average molecular weight is 302 g/mol. The highest BCUT2D eigenvalue weighted by molar-refractivity contribution is 5.75. The van der Waals surface area contributed by atoms with Crippen LogP contribution in [0.15, 0.2) is 42.7 Å². The molecule has 0 aliphatic heterocycles. The van der Waals surface area contributed by atoms with Crippen LogP contribution < -0.4 is 10.1 Å². The van der Waals surface area contributed by atoms with E-state index in [1.807, 2.05) is 38.4 Å². The van der Waals surface area contributed by atoms with Crippen LogP contribution in [0, 0.1) is 0 Å². The number of hydrogen-bond acceptors (Lipinski definition) is 4. The first-order valence-corrected chi connectivity index (χ1v) is 7.14. The minimum atomic E-state index is -0.0570. The molecule has 0 fully saturated rings. The van der Waals surface area contributed by atoms with Gasteiger partial charge in [-0.05, 0) is 37.9 Å². The van der Waals surface area contributed by atoms with Crippen molar-refractivity contribution >= 4 is 5.91 Å². The van der Waals surface area contributed by atoms with Gasteiger partial charge < -0.3 is 15.0 Å². The van der Waals surface area contributed by atoms with Gasteiger partial charge in [0, 0.05) is 18.9 Å². The quantitative estimate of drug-likeness (QED) is 0.838. The lowest BCUT2D eigenvalue weighted by atomic mass is 10.1. The second kappa shape index (κ2) is 7.61. The predicted molar refractivity (Wildman–Crippen MR) is 84.7 cm³/mol. The topological polar surface area (TPSA) is 59.4 Å². The maximum atomic E-state index is 12.0. The Morgan fingerprint density at radius 1 is 1.41 bits per heavy atom. The number of aromatic nitrogens is 2. The molecule has 0 aliphatic carbocycles. The summed E-state index contributed by atoms with van der Waals surface area (Å²) in [6, 6.07) is 9.77. The second-order valence-electron chi connectivity index (χ2n) is 5.26. The molecule has 1 aromatic carbocycles. The number of likely N-dealkylation sites (N-methyl/N-ethyl adjacent to an activating group) is 1. The van der Waals surface area contributed by atoms with Crippen LogP contribution in [0.5, 0.6) is 5.75 Å². The largest absolute Gasteiger partial charge is 0.497 e. The number of amides is 1. The molecule has 1 amide bonds. The first kappa shape index (κ1) is 16.0. The van der Waals surface area contributed by atoms with Gasteiger partial charge >= 0.3 is 0 Å². The van der Waals surface area contributed by atoms with E-state index in [2.05, 4.69) is 15.3 Å². The van der Waals surface area contributed by atoms with E-state index in [9.17, 15) is 4.79 Å². The van der Waals surface area contributed by atoms with E-state index in [0.29, 0.717) is 6.54 Å². The van der Waals surface area contributed by atoms with Crippen LogP contribution in [0.2, 0.25) is 0 Å². The number of ether oxygens (including phenoxy) is 1. The summed E-state index contributed by atoms with van der Waals surface area (Å²) in [7, 11) is 5.63. The Hall–Kier alpha value is -2.34. The lowest BCUT2D eigenvalue weighted by Crippen LogP contribution is -2.36. The lowest BCUT2D eigenvalue weighted by Gasteiger charge is -2.25. The highest BCUT2D eigenvalue weighted by Gasteiger charge is 2.16. The predicted octanol–water partition coefficient (Wildman–Crippen LogP) is 1.31. The summed E-state index contributed by atoms with van der Waals surface area (Å²) in [5.74, 6) is 0.755. The van der Waals surface area contributed by atoms with E-state index in [-0.39, 0.29) is 18.5 Å². The zero-order valence-electron chi connectivity index (χ0n) is 13.2.